The van der Waals surface area contributed by atoms with Crippen LogP contribution in [-0.4, -0.2) is 27.0 Å². The van der Waals surface area contributed by atoms with Crippen molar-refractivity contribution in [1.29, 1.82) is 0 Å². The number of aromatic nitrogens is 2. The van der Waals surface area contributed by atoms with E-state index in [2.05, 4.69) is 26.8 Å². The molecule has 0 amide bonds. The highest BCUT2D eigenvalue weighted by atomic mass is 32.1. The Balaban J connectivity index is 1.79. The molecule has 3 rings (SSSR count). The lowest BCUT2D eigenvalue weighted by Gasteiger charge is -2.24. The lowest BCUT2D eigenvalue weighted by molar-refractivity contribution is 0.101. The second kappa shape index (κ2) is 5.50. The van der Waals surface area contributed by atoms with Gasteiger partial charge in [-0.1, -0.05) is 0 Å². The minimum Gasteiger partial charge on any atom is -0.294 e. The molecule has 2 aromatic heterocycles. The molecule has 1 aliphatic rings. The summed E-state index contributed by atoms with van der Waals surface area (Å²) in [5, 5.41) is 8.75. The summed E-state index contributed by atoms with van der Waals surface area (Å²) in [6.07, 6.45) is 4.12. The van der Waals surface area contributed by atoms with Crippen LogP contribution in [0.4, 0.5) is 0 Å². The fraction of sp³-hybridized carbons (Fsp3) is 0.467. The predicted octanol–water partition coefficient (Wildman–Crippen LogP) is 3.25. The van der Waals surface area contributed by atoms with Crippen LogP contribution >= 0.6 is 11.3 Å². The van der Waals surface area contributed by atoms with Crippen LogP contribution in [0, 0.1) is 6.92 Å². The zero-order chi connectivity index (χ0) is 14.1. The Labute approximate surface area is 123 Å². The maximum Gasteiger partial charge on any atom is 0.163 e. The van der Waals surface area contributed by atoms with Crippen molar-refractivity contribution in [3.63, 3.8) is 0 Å². The molecule has 1 unspecified atom stereocenters. The van der Waals surface area contributed by atoms with Gasteiger partial charge in [-0.25, -0.2) is 0 Å². The van der Waals surface area contributed by atoms with E-state index in [4.69, 9.17) is 0 Å². The third-order valence-corrected chi connectivity index (χ3v) is 4.79. The predicted molar refractivity (Wildman–Crippen MR) is 80.0 cm³/mol. The van der Waals surface area contributed by atoms with Gasteiger partial charge in [-0.3, -0.25) is 14.4 Å². The molecule has 0 saturated carbocycles. The third-order valence-electron chi connectivity index (χ3n) is 4.09. The van der Waals surface area contributed by atoms with Gasteiger partial charge in [0.2, 0.25) is 0 Å². The number of thiophene rings is 1. The van der Waals surface area contributed by atoms with Crippen molar-refractivity contribution in [3.05, 3.63) is 39.8 Å². The average Bonchev–Trinajstić information content (AvgIpc) is 3.12. The van der Waals surface area contributed by atoms with E-state index >= 15 is 0 Å². The molecule has 1 saturated heterocycles. The number of nitrogens with zero attached hydrogens (tertiary/aromatic N) is 3. The SMILES string of the molecule is CC(=O)c1cnn(CN2CCCC2c2ccsc2)c1C. The number of Topliss-reactive ketones (excluding diaryl/α,β-unsaturated/α-hetero) is 1. The Morgan fingerprint density at radius 2 is 2.40 bits per heavy atom. The first-order chi connectivity index (χ1) is 9.66. The van der Waals surface area contributed by atoms with Crippen LogP contribution < -0.4 is 0 Å². The fourth-order valence-corrected chi connectivity index (χ4v) is 3.65. The van der Waals surface area contributed by atoms with E-state index in [0.29, 0.717) is 6.04 Å². The van der Waals surface area contributed by atoms with Gasteiger partial charge in [0.25, 0.3) is 0 Å². The molecule has 3 heterocycles. The molecule has 106 valence electrons. The standard InChI is InChI=1S/C15H19N3OS/c1-11-14(12(2)19)8-16-18(11)10-17-6-3-4-15(17)13-5-7-20-9-13/h5,7-9,15H,3-4,6,10H2,1-2H3. The highest BCUT2D eigenvalue weighted by Crippen LogP contribution is 2.33. The Morgan fingerprint density at radius 1 is 1.55 bits per heavy atom. The van der Waals surface area contributed by atoms with Gasteiger partial charge >= 0.3 is 0 Å². The van der Waals surface area contributed by atoms with Gasteiger partial charge in [0.05, 0.1) is 18.4 Å². The monoisotopic (exact) mass is 289 g/mol. The van der Waals surface area contributed by atoms with E-state index in [1.807, 2.05) is 11.6 Å². The minimum atomic E-state index is 0.0876. The highest BCUT2D eigenvalue weighted by Gasteiger charge is 2.27. The van der Waals surface area contributed by atoms with Crippen LogP contribution in [0.5, 0.6) is 0 Å². The van der Waals surface area contributed by atoms with Gasteiger partial charge in [-0.05, 0) is 49.1 Å². The Hall–Kier alpha value is -1.46. The zero-order valence-corrected chi connectivity index (χ0v) is 12.7. The summed E-state index contributed by atoms with van der Waals surface area (Å²) in [5.74, 6) is 0.0876. The molecule has 0 bridgehead atoms. The van der Waals surface area contributed by atoms with Crippen LogP contribution in [-0.2, 0) is 6.67 Å². The van der Waals surface area contributed by atoms with E-state index in [-0.39, 0.29) is 5.78 Å². The molecule has 0 spiro atoms. The van der Waals surface area contributed by atoms with Crippen LogP contribution in [0.15, 0.2) is 23.0 Å². The Morgan fingerprint density at radius 3 is 3.05 bits per heavy atom. The molecule has 0 radical (unpaired) electrons. The molecule has 20 heavy (non-hydrogen) atoms. The summed E-state index contributed by atoms with van der Waals surface area (Å²) in [4.78, 5) is 14.0. The van der Waals surface area contributed by atoms with Crippen molar-refractivity contribution in [2.24, 2.45) is 0 Å². The summed E-state index contributed by atoms with van der Waals surface area (Å²) in [6.45, 7) is 5.42. The molecule has 1 fully saturated rings. The molecule has 0 aromatic carbocycles. The van der Waals surface area contributed by atoms with Gasteiger partial charge in [-0.2, -0.15) is 16.4 Å². The summed E-state index contributed by atoms with van der Waals surface area (Å²) < 4.78 is 1.95. The van der Waals surface area contributed by atoms with E-state index < -0.39 is 0 Å². The fourth-order valence-electron chi connectivity index (χ4n) is 2.94. The van der Waals surface area contributed by atoms with E-state index in [0.717, 1.165) is 24.5 Å². The van der Waals surface area contributed by atoms with Gasteiger partial charge < -0.3 is 0 Å². The van der Waals surface area contributed by atoms with Crippen molar-refractivity contribution < 1.29 is 4.79 Å². The van der Waals surface area contributed by atoms with E-state index in [9.17, 15) is 4.79 Å². The second-order valence-corrected chi connectivity index (χ2v) is 6.15. The molecule has 1 aliphatic heterocycles. The number of hydrogen-bond acceptors (Lipinski definition) is 4. The molecular formula is C15H19N3OS. The molecule has 0 N–H and O–H groups in total. The van der Waals surface area contributed by atoms with Crippen LogP contribution in [0.1, 0.15) is 47.4 Å². The molecular weight excluding hydrogens is 270 g/mol. The first kappa shape index (κ1) is 13.5. The number of carbonyl (C=O) groups excluding carboxylic acids is 1. The lowest BCUT2D eigenvalue weighted by atomic mass is 10.1. The van der Waals surface area contributed by atoms with Gasteiger partial charge in [-0.15, -0.1) is 0 Å². The minimum absolute atomic E-state index is 0.0876. The maximum absolute atomic E-state index is 11.5. The Kier molecular flexibility index (Phi) is 3.72. The largest absolute Gasteiger partial charge is 0.294 e. The molecule has 5 heteroatoms. The number of carbonyl (C=O) groups is 1. The smallest absolute Gasteiger partial charge is 0.163 e. The van der Waals surface area contributed by atoms with Gasteiger partial charge in [0.1, 0.15) is 0 Å². The zero-order valence-electron chi connectivity index (χ0n) is 11.9. The summed E-state index contributed by atoms with van der Waals surface area (Å²) in [6, 6.07) is 2.70. The lowest BCUT2D eigenvalue weighted by Crippen LogP contribution is -2.27. The Bertz CT molecular complexity index is 603. The van der Waals surface area contributed by atoms with Crippen LogP contribution in [0.25, 0.3) is 0 Å². The van der Waals surface area contributed by atoms with Crippen LogP contribution in [0.2, 0.25) is 0 Å². The van der Waals surface area contributed by atoms with Gasteiger partial charge in [0.15, 0.2) is 5.78 Å². The first-order valence-electron chi connectivity index (χ1n) is 6.96. The normalized spacial score (nSPS) is 19.6. The number of likely N-dealkylation sites (tertiary alicyclic amines) is 1. The van der Waals surface area contributed by atoms with Gasteiger partial charge in [0, 0.05) is 18.3 Å². The quantitative estimate of drug-likeness (QED) is 0.811. The molecule has 2 aromatic rings. The third kappa shape index (κ3) is 2.43. The molecule has 0 aliphatic carbocycles. The van der Waals surface area contributed by atoms with Crippen molar-refractivity contribution in [2.75, 3.05) is 6.54 Å². The summed E-state index contributed by atoms with van der Waals surface area (Å²) >= 11 is 1.75. The number of hydrogen-bond donors (Lipinski definition) is 0. The number of ketones is 1. The molecule has 4 nitrogen and oxygen atoms in total. The summed E-state index contributed by atoms with van der Waals surface area (Å²) in [5.41, 5.74) is 3.11. The second-order valence-electron chi connectivity index (χ2n) is 5.37. The van der Waals surface area contributed by atoms with Crippen molar-refractivity contribution in [1.82, 2.24) is 14.7 Å². The topological polar surface area (TPSA) is 38.1 Å². The maximum atomic E-state index is 11.5. The van der Waals surface area contributed by atoms with Crippen molar-refractivity contribution in [2.45, 2.75) is 39.4 Å². The van der Waals surface area contributed by atoms with E-state index in [1.165, 1.54) is 18.4 Å². The first-order valence-corrected chi connectivity index (χ1v) is 7.90. The average molecular weight is 289 g/mol. The van der Waals surface area contributed by atoms with E-state index in [1.54, 1.807) is 24.5 Å². The number of rotatable bonds is 4. The van der Waals surface area contributed by atoms with Crippen molar-refractivity contribution in [3.8, 4) is 0 Å². The van der Waals surface area contributed by atoms with Crippen LogP contribution in [0.3, 0.4) is 0 Å². The highest BCUT2D eigenvalue weighted by molar-refractivity contribution is 7.07. The molecule has 1 atom stereocenters. The van der Waals surface area contributed by atoms with Crippen molar-refractivity contribution >= 4 is 17.1 Å². The summed E-state index contributed by atoms with van der Waals surface area (Å²) in [7, 11) is 0.